The molecule has 0 aliphatic carbocycles. The first-order valence-electron chi connectivity index (χ1n) is 8.20. The Labute approximate surface area is 147 Å². The van der Waals surface area contributed by atoms with E-state index in [1.807, 2.05) is 73.1 Å². The second kappa shape index (κ2) is 6.97. The van der Waals surface area contributed by atoms with Crippen LogP contribution in [-0.4, -0.2) is 9.97 Å². The molecule has 0 saturated heterocycles. The molecular formula is C22H17N3. The number of nitrogens with one attached hydrogen (secondary N) is 1. The monoisotopic (exact) mass is 323 g/mol. The third-order valence-corrected chi connectivity index (χ3v) is 4.01. The number of aromatic nitrogens is 2. The summed E-state index contributed by atoms with van der Waals surface area (Å²) in [5, 5.41) is 3.56. The number of benzene rings is 2. The average molecular weight is 323 g/mol. The van der Waals surface area contributed by atoms with E-state index in [0.717, 1.165) is 33.9 Å². The minimum atomic E-state index is 0.945. The molecule has 4 aromatic rings. The van der Waals surface area contributed by atoms with Crippen molar-refractivity contribution in [2.45, 2.75) is 0 Å². The summed E-state index contributed by atoms with van der Waals surface area (Å²) in [4.78, 5) is 8.96. The third kappa shape index (κ3) is 3.26. The fourth-order valence-electron chi connectivity index (χ4n) is 2.82. The van der Waals surface area contributed by atoms with E-state index in [1.54, 1.807) is 0 Å². The minimum absolute atomic E-state index is 0.945. The van der Waals surface area contributed by atoms with Gasteiger partial charge in [0, 0.05) is 34.9 Å². The van der Waals surface area contributed by atoms with Gasteiger partial charge in [0.25, 0.3) is 0 Å². The predicted octanol–water partition coefficient (Wildman–Crippen LogP) is 5.55. The zero-order valence-corrected chi connectivity index (χ0v) is 13.6. The molecule has 2 aromatic heterocycles. The Bertz CT molecular complexity index is 885. The van der Waals surface area contributed by atoms with Crippen LogP contribution in [0.2, 0.25) is 0 Å². The second-order valence-corrected chi connectivity index (χ2v) is 5.65. The summed E-state index contributed by atoms with van der Waals surface area (Å²) >= 11 is 0. The summed E-state index contributed by atoms with van der Waals surface area (Å²) in [6.07, 6.45) is 3.63. The molecule has 0 aliphatic rings. The van der Waals surface area contributed by atoms with E-state index in [2.05, 4.69) is 39.6 Å². The summed E-state index contributed by atoms with van der Waals surface area (Å²) in [6.45, 7) is 0. The maximum atomic E-state index is 4.48. The van der Waals surface area contributed by atoms with Crippen molar-refractivity contribution in [1.82, 2.24) is 9.97 Å². The lowest BCUT2D eigenvalue weighted by atomic mass is 10.1. The molecule has 2 heterocycles. The third-order valence-electron chi connectivity index (χ3n) is 4.01. The summed E-state index contributed by atoms with van der Waals surface area (Å²) < 4.78 is 0. The van der Waals surface area contributed by atoms with Crippen LogP contribution in [0, 0.1) is 0 Å². The zero-order valence-electron chi connectivity index (χ0n) is 13.6. The van der Waals surface area contributed by atoms with Gasteiger partial charge in [0.2, 0.25) is 0 Å². The smallest absolute Gasteiger partial charge is 0.0722 e. The Hall–Kier alpha value is -3.46. The van der Waals surface area contributed by atoms with Crippen molar-refractivity contribution in [3.8, 4) is 22.5 Å². The highest BCUT2D eigenvalue weighted by Gasteiger charge is 2.09. The molecule has 120 valence electrons. The minimum Gasteiger partial charge on any atom is -0.354 e. The SMILES string of the molecule is c1ccc(-c2ccccc2Nc2ccccc2-c2ccccn2)nc1. The first kappa shape index (κ1) is 15.1. The van der Waals surface area contributed by atoms with Crippen LogP contribution < -0.4 is 5.32 Å². The first-order valence-corrected chi connectivity index (χ1v) is 8.20. The van der Waals surface area contributed by atoms with Crippen LogP contribution in [0.15, 0.2) is 97.3 Å². The molecule has 0 amide bonds. The van der Waals surface area contributed by atoms with Gasteiger partial charge in [0.1, 0.15) is 0 Å². The van der Waals surface area contributed by atoms with Crippen molar-refractivity contribution in [3.05, 3.63) is 97.3 Å². The van der Waals surface area contributed by atoms with E-state index in [9.17, 15) is 0 Å². The molecule has 1 N–H and O–H groups in total. The largest absolute Gasteiger partial charge is 0.354 e. The zero-order chi connectivity index (χ0) is 16.9. The summed E-state index contributed by atoms with van der Waals surface area (Å²) in [6, 6.07) is 28.3. The van der Waals surface area contributed by atoms with E-state index >= 15 is 0 Å². The Morgan fingerprint density at radius 3 is 1.36 bits per heavy atom. The highest BCUT2D eigenvalue weighted by Crippen LogP contribution is 2.33. The predicted molar refractivity (Wildman–Crippen MR) is 103 cm³/mol. The van der Waals surface area contributed by atoms with E-state index in [-0.39, 0.29) is 0 Å². The van der Waals surface area contributed by atoms with E-state index in [0.29, 0.717) is 0 Å². The van der Waals surface area contributed by atoms with Crippen molar-refractivity contribution in [3.63, 3.8) is 0 Å². The van der Waals surface area contributed by atoms with Crippen molar-refractivity contribution in [1.29, 1.82) is 0 Å². The number of hydrogen-bond donors (Lipinski definition) is 1. The van der Waals surface area contributed by atoms with Crippen LogP contribution in [0.3, 0.4) is 0 Å². The topological polar surface area (TPSA) is 37.8 Å². The number of pyridine rings is 2. The first-order chi connectivity index (χ1) is 12.4. The summed E-state index contributed by atoms with van der Waals surface area (Å²) in [5.41, 5.74) is 6.06. The normalized spacial score (nSPS) is 10.4. The Kier molecular flexibility index (Phi) is 4.21. The van der Waals surface area contributed by atoms with Crippen molar-refractivity contribution < 1.29 is 0 Å². The van der Waals surface area contributed by atoms with Gasteiger partial charge < -0.3 is 5.32 Å². The van der Waals surface area contributed by atoms with Gasteiger partial charge in [-0.15, -0.1) is 0 Å². The lowest BCUT2D eigenvalue weighted by Crippen LogP contribution is -1.97. The molecule has 0 fully saturated rings. The molecular weight excluding hydrogens is 306 g/mol. The van der Waals surface area contributed by atoms with Crippen LogP contribution in [-0.2, 0) is 0 Å². The van der Waals surface area contributed by atoms with E-state index in [1.165, 1.54) is 0 Å². The summed E-state index contributed by atoms with van der Waals surface area (Å²) in [7, 11) is 0. The van der Waals surface area contributed by atoms with Gasteiger partial charge in [0.15, 0.2) is 0 Å². The van der Waals surface area contributed by atoms with Gasteiger partial charge in [-0.1, -0.05) is 48.5 Å². The molecule has 0 unspecified atom stereocenters. The quantitative estimate of drug-likeness (QED) is 0.535. The molecule has 0 saturated carbocycles. The molecule has 0 bridgehead atoms. The lowest BCUT2D eigenvalue weighted by molar-refractivity contribution is 1.32. The number of para-hydroxylation sites is 2. The fraction of sp³-hybridized carbons (Fsp3) is 0. The molecule has 2 aromatic carbocycles. The van der Waals surface area contributed by atoms with Crippen molar-refractivity contribution >= 4 is 11.4 Å². The molecule has 0 aliphatic heterocycles. The maximum Gasteiger partial charge on any atom is 0.0722 e. The van der Waals surface area contributed by atoms with E-state index < -0.39 is 0 Å². The van der Waals surface area contributed by atoms with Gasteiger partial charge in [-0.2, -0.15) is 0 Å². The highest BCUT2D eigenvalue weighted by atomic mass is 14.9. The van der Waals surface area contributed by atoms with Crippen LogP contribution in [0.5, 0.6) is 0 Å². The van der Waals surface area contributed by atoms with Gasteiger partial charge in [-0.3, -0.25) is 9.97 Å². The van der Waals surface area contributed by atoms with Crippen molar-refractivity contribution in [2.24, 2.45) is 0 Å². The van der Waals surface area contributed by atoms with Crippen LogP contribution in [0.25, 0.3) is 22.5 Å². The molecule has 25 heavy (non-hydrogen) atoms. The lowest BCUT2D eigenvalue weighted by Gasteiger charge is -2.15. The Balaban J connectivity index is 1.76. The Morgan fingerprint density at radius 1 is 0.480 bits per heavy atom. The number of hydrogen-bond acceptors (Lipinski definition) is 3. The summed E-state index contributed by atoms with van der Waals surface area (Å²) in [5.74, 6) is 0. The van der Waals surface area contributed by atoms with Crippen LogP contribution in [0.1, 0.15) is 0 Å². The highest BCUT2D eigenvalue weighted by molar-refractivity contribution is 5.84. The fourth-order valence-corrected chi connectivity index (χ4v) is 2.82. The maximum absolute atomic E-state index is 4.48. The number of anilines is 2. The van der Waals surface area contributed by atoms with Gasteiger partial charge in [-0.25, -0.2) is 0 Å². The standard InChI is InChI=1S/C22H17N3/c1-3-13-21(17(9-1)19-11-5-7-15-23-19)25-22-14-4-2-10-18(22)20-12-6-8-16-24-20/h1-16,25H. The van der Waals surface area contributed by atoms with Gasteiger partial charge in [0.05, 0.1) is 11.4 Å². The molecule has 0 spiro atoms. The Morgan fingerprint density at radius 2 is 0.920 bits per heavy atom. The average Bonchev–Trinajstić information content (AvgIpc) is 2.70. The molecule has 0 radical (unpaired) electrons. The van der Waals surface area contributed by atoms with E-state index in [4.69, 9.17) is 0 Å². The molecule has 0 atom stereocenters. The number of nitrogens with zero attached hydrogens (tertiary/aromatic N) is 2. The van der Waals surface area contributed by atoms with Crippen LogP contribution >= 0.6 is 0 Å². The van der Waals surface area contributed by atoms with Crippen LogP contribution in [0.4, 0.5) is 11.4 Å². The second-order valence-electron chi connectivity index (χ2n) is 5.65. The van der Waals surface area contributed by atoms with Crippen molar-refractivity contribution in [2.75, 3.05) is 5.32 Å². The van der Waals surface area contributed by atoms with Gasteiger partial charge >= 0.3 is 0 Å². The molecule has 4 rings (SSSR count). The number of rotatable bonds is 4. The molecule has 3 nitrogen and oxygen atoms in total. The molecule has 3 heteroatoms. The van der Waals surface area contributed by atoms with Gasteiger partial charge in [-0.05, 0) is 36.4 Å².